The lowest BCUT2D eigenvalue weighted by Gasteiger charge is -2.19. The molecule has 0 fully saturated rings. The van der Waals surface area contributed by atoms with Crippen molar-refractivity contribution >= 4 is 5.97 Å². The molecule has 2 aromatic rings. The van der Waals surface area contributed by atoms with Crippen LogP contribution in [0.5, 0.6) is 5.75 Å². The summed E-state index contributed by atoms with van der Waals surface area (Å²) in [7, 11) is 0. The summed E-state index contributed by atoms with van der Waals surface area (Å²) in [6.07, 6.45) is -0.743. The van der Waals surface area contributed by atoms with Gasteiger partial charge in [0, 0.05) is 5.56 Å². The first kappa shape index (κ1) is 15.1. The molecule has 0 bridgehead atoms. The highest BCUT2D eigenvalue weighted by molar-refractivity contribution is 5.77. The predicted molar refractivity (Wildman–Crippen MR) is 82.4 cm³/mol. The monoisotopic (exact) mass is 284 g/mol. The zero-order valence-corrected chi connectivity index (χ0v) is 12.6. The lowest BCUT2D eigenvalue weighted by atomic mass is 10.1. The number of ether oxygens (including phenoxy) is 2. The molecule has 0 aliphatic carbocycles. The number of hydrogen-bond donors (Lipinski definition) is 0. The van der Waals surface area contributed by atoms with Gasteiger partial charge in [0.25, 0.3) is 0 Å². The van der Waals surface area contributed by atoms with Crippen molar-refractivity contribution in [3.8, 4) is 5.75 Å². The molecule has 2 aromatic carbocycles. The summed E-state index contributed by atoms with van der Waals surface area (Å²) in [5.41, 5.74) is 2.95. The van der Waals surface area contributed by atoms with Gasteiger partial charge in [-0.25, -0.2) is 4.79 Å². The van der Waals surface area contributed by atoms with Gasteiger partial charge in [-0.05, 0) is 32.4 Å². The summed E-state index contributed by atoms with van der Waals surface area (Å²) in [6.45, 7) is 6.11. The molecule has 0 radical (unpaired) electrons. The van der Waals surface area contributed by atoms with E-state index in [2.05, 4.69) is 0 Å². The fourth-order valence-corrected chi connectivity index (χ4v) is 2.16. The Bertz CT molecular complexity index is 605. The molecule has 0 saturated heterocycles. The molecule has 0 aromatic heterocycles. The van der Waals surface area contributed by atoms with Crippen LogP contribution in [0.1, 0.15) is 29.7 Å². The lowest BCUT2D eigenvalue weighted by Crippen LogP contribution is -2.21. The summed E-state index contributed by atoms with van der Waals surface area (Å²) in [6, 6.07) is 15.3. The molecule has 0 amide bonds. The third-order valence-corrected chi connectivity index (χ3v) is 3.18. The Morgan fingerprint density at radius 2 is 1.81 bits per heavy atom. The van der Waals surface area contributed by atoms with Gasteiger partial charge >= 0.3 is 5.97 Å². The highest BCUT2D eigenvalue weighted by atomic mass is 16.6. The first-order valence-corrected chi connectivity index (χ1v) is 7.07. The van der Waals surface area contributed by atoms with Gasteiger partial charge in [-0.3, -0.25) is 0 Å². The van der Waals surface area contributed by atoms with E-state index in [0.29, 0.717) is 12.4 Å². The fourth-order valence-electron chi connectivity index (χ4n) is 2.16. The molecule has 0 N–H and O–H groups in total. The largest absolute Gasteiger partial charge is 0.474 e. The van der Waals surface area contributed by atoms with Crippen molar-refractivity contribution in [3.05, 3.63) is 65.2 Å². The van der Waals surface area contributed by atoms with Gasteiger partial charge in [0.1, 0.15) is 5.75 Å². The molecule has 110 valence electrons. The minimum atomic E-state index is -0.743. The van der Waals surface area contributed by atoms with E-state index in [1.54, 1.807) is 6.92 Å². The zero-order valence-electron chi connectivity index (χ0n) is 12.6. The van der Waals surface area contributed by atoms with Crippen LogP contribution in [-0.2, 0) is 9.53 Å². The number of hydrogen-bond acceptors (Lipinski definition) is 3. The minimum absolute atomic E-state index is 0.332. The van der Waals surface area contributed by atoms with E-state index in [1.807, 2.05) is 62.4 Å². The van der Waals surface area contributed by atoms with Gasteiger partial charge in [0.05, 0.1) is 6.61 Å². The van der Waals surface area contributed by atoms with Gasteiger partial charge in [0.2, 0.25) is 6.10 Å². The Morgan fingerprint density at radius 1 is 1.10 bits per heavy atom. The lowest BCUT2D eigenvalue weighted by molar-refractivity contribution is -0.151. The molecule has 0 aliphatic heterocycles. The average molecular weight is 284 g/mol. The Balaban J connectivity index is 2.30. The quantitative estimate of drug-likeness (QED) is 0.779. The summed E-state index contributed by atoms with van der Waals surface area (Å²) < 4.78 is 11.1. The third kappa shape index (κ3) is 3.85. The van der Waals surface area contributed by atoms with Crippen molar-refractivity contribution in [3.63, 3.8) is 0 Å². The van der Waals surface area contributed by atoms with Crippen LogP contribution < -0.4 is 4.74 Å². The minimum Gasteiger partial charge on any atom is -0.474 e. The molecular formula is C18H20O3. The van der Waals surface area contributed by atoms with Gasteiger partial charge < -0.3 is 9.47 Å². The van der Waals surface area contributed by atoms with Crippen LogP contribution in [0, 0.1) is 13.8 Å². The molecular weight excluding hydrogens is 264 g/mol. The molecule has 3 nitrogen and oxygen atoms in total. The molecule has 1 unspecified atom stereocenters. The van der Waals surface area contributed by atoms with Crippen molar-refractivity contribution in [2.24, 2.45) is 0 Å². The normalized spacial score (nSPS) is 11.8. The van der Waals surface area contributed by atoms with Crippen LogP contribution in [0.15, 0.2) is 48.5 Å². The maximum atomic E-state index is 12.2. The zero-order chi connectivity index (χ0) is 15.2. The highest BCUT2D eigenvalue weighted by Gasteiger charge is 2.24. The van der Waals surface area contributed by atoms with Crippen molar-refractivity contribution in [2.75, 3.05) is 6.61 Å². The van der Waals surface area contributed by atoms with Crippen LogP contribution >= 0.6 is 0 Å². The molecule has 0 spiro atoms. The van der Waals surface area contributed by atoms with Crippen LogP contribution in [0.3, 0.4) is 0 Å². The van der Waals surface area contributed by atoms with Crippen molar-refractivity contribution in [1.29, 1.82) is 0 Å². The van der Waals surface area contributed by atoms with Gasteiger partial charge in [-0.1, -0.05) is 48.0 Å². The Kier molecular flexibility index (Phi) is 4.99. The molecule has 0 saturated carbocycles. The van der Waals surface area contributed by atoms with Crippen molar-refractivity contribution in [2.45, 2.75) is 26.9 Å². The number of benzene rings is 2. The second-order valence-electron chi connectivity index (χ2n) is 4.93. The predicted octanol–water partition coefficient (Wildman–Crippen LogP) is 3.99. The summed E-state index contributed by atoms with van der Waals surface area (Å²) in [4.78, 5) is 12.2. The SMILES string of the molecule is CCOC(=O)C(Oc1ccc(C)cc1C)c1ccccc1. The Morgan fingerprint density at radius 3 is 2.43 bits per heavy atom. The summed E-state index contributed by atoms with van der Waals surface area (Å²) in [5.74, 6) is 0.325. The topological polar surface area (TPSA) is 35.5 Å². The Labute approximate surface area is 125 Å². The first-order valence-electron chi connectivity index (χ1n) is 7.07. The summed E-state index contributed by atoms with van der Waals surface area (Å²) in [5, 5.41) is 0. The van der Waals surface area contributed by atoms with E-state index < -0.39 is 6.10 Å². The maximum Gasteiger partial charge on any atom is 0.352 e. The molecule has 0 heterocycles. The van der Waals surface area contributed by atoms with Gasteiger partial charge in [-0.15, -0.1) is 0 Å². The number of rotatable bonds is 5. The van der Waals surface area contributed by atoms with E-state index in [0.717, 1.165) is 16.7 Å². The molecule has 1 atom stereocenters. The molecule has 21 heavy (non-hydrogen) atoms. The van der Waals surface area contributed by atoms with Crippen LogP contribution in [0.2, 0.25) is 0 Å². The van der Waals surface area contributed by atoms with Crippen LogP contribution in [0.25, 0.3) is 0 Å². The second-order valence-corrected chi connectivity index (χ2v) is 4.93. The van der Waals surface area contributed by atoms with Crippen molar-refractivity contribution in [1.82, 2.24) is 0 Å². The number of carbonyl (C=O) groups is 1. The van der Waals surface area contributed by atoms with Crippen LogP contribution in [0.4, 0.5) is 0 Å². The van der Waals surface area contributed by atoms with Crippen molar-refractivity contribution < 1.29 is 14.3 Å². The second kappa shape index (κ2) is 6.93. The van der Waals surface area contributed by atoms with Gasteiger partial charge in [-0.2, -0.15) is 0 Å². The number of esters is 1. The smallest absolute Gasteiger partial charge is 0.352 e. The average Bonchev–Trinajstić information content (AvgIpc) is 2.47. The fraction of sp³-hybridized carbons (Fsp3) is 0.278. The van der Waals surface area contributed by atoms with E-state index in [4.69, 9.17) is 9.47 Å². The molecule has 0 aliphatic rings. The number of carbonyl (C=O) groups excluding carboxylic acids is 1. The Hall–Kier alpha value is -2.29. The molecule has 2 rings (SSSR count). The molecule has 3 heteroatoms. The highest BCUT2D eigenvalue weighted by Crippen LogP contribution is 2.26. The van der Waals surface area contributed by atoms with E-state index in [1.165, 1.54) is 0 Å². The van der Waals surface area contributed by atoms with E-state index in [9.17, 15) is 4.79 Å². The standard InChI is InChI=1S/C18H20O3/c1-4-20-18(19)17(15-8-6-5-7-9-15)21-16-11-10-13(2)12-14(16)3/h5-12,17H,4H2,1-3H3. The third-order valence-electron chi connectivity index (χ3n) is 3.18. The van der Waals surface area contributed by atoms with E-state index >= 15 is 0 Å². The van der Waals surface area contributed by atoms with Gasteiger partial charge in [0.15, 0.2) is 0 Å². The van der Waals surface area contributed by atoms with Crippen LogP contribution in [-0.4, -0.2) is 12.6 Å². The first-order chi connectivity index (χ1) is 10.1. The maximum absolute atomic E-state index is 12.2. The van der Waals surface area contributed by atoms with E-state index in [-0.39, 0.29) is 5.97 Å². The number of aryl methyl sites for hydroxylation is 2. The summed E-state index contributed by atoms with van der Waals surface area (Å²) >= 11 is 0.